The molecule has 0 saturated heterocycles. The number of hydrogen-bond acceptors (Lipinski definition) is 4. The predicted molar refractivity (Wildman–Crippen MR) is 72.8 cm³/mol. The first-order valence-corrected chi connectivity index (χ1v) is 7.58. The Bertz CT molecular complexity index is 592. The Morgan fingerprint density at radius 1 is 1.25 bits per heavy atom. The van der Waals surface area contributed by atoms with E-state index in [1.807, 2.05) is 11.6 Å². The quantitative estimate of drug-likeness (QED) is 0.785. The Balaban J connectivity index is 2.94. The summed E-state index contributed by atoms with van der Waals surface area (Å²) in [7, 11) is -3.96. The van der Waals surface area contributed by atoms with E-state index in [1.165, 1.54) is 12.1 Å². The van der Waals surface area contributed by atoms with Gasteiger partial charge in [-0.05, 0) is 19.1 Å². The lowest BCUT2D eigenvalue weighted by Crippen LogP contribution is -2.42. The zero-order valence-electron chi connectivity index (χ0n) is 11.3. The average Bonchev–Trinajstić information content (AvgIpc) is 2.37. The smallest absolute Gasteiger partial charge is 0.322 e. The van der Waals surface area contributed by atoms with Gasteiger partial charge in [-0.1, -0.05) is 24.6 Å². The summed E-state index contributed by atoms with van der Waals surface area (Å²) < 4.78 is 26.1. The minimum absolute atomic E-state index is 0.0294. The third kappa shape index (κ3) is 4.43. The zero-order valence-corrected chi connectivity index (χ0v) is 12.1. The summed E-state index contributed by atoms with van der Waals surface area (Å²) in [6.07, 6.45) is -0.201. The Kier molecular flexibility index (Phi) is 5.41. The molecule has 0 aliphatic heterocycles. The van der Waals surface area contributed by atoms with Gasteiger partial charge < -0.3 is 5.11 Å². The Morgan fingerprint density at radius 2 is 1.80 bits per heavy atom. The van der Waals surface area contributed by atoms with E-state index in [9.17, 15) is 18.0 Å². The van der Waals surface area contributed by atoms with Gasteiger partial charge in [0.1, 0.15) is 11.8 Å². The van der Waals surface area contributed by atoms with Gasteiger partial charge in [-0.3, -0.25) is 9.59 Å². The van der Waals surface area contributed by atoms with Crippen molar-refractivity contribution in [3.63, 3.8) is 0 Å². The number of rotatable bonds is 7. The molecule has 0 bridgehead atoms. The van der Waals surface area contributed by atoms with E-state index in [2.05, 4.69) is 0 Å². The average molecular weight is 299 g/mol. The Labute approximate surface area is 117 Å². The van der Waals surface area contributed by atoms with Crippen LogP contribution < -0.4 is 4.72 Å². The molecule has 0 fully saturated rings. The van der Waals surface area contributed by atoms with Gasteiger partial charge in [0.15, 0.2) is 0 Å². The van der Waals surface area contributed by atoms with Crippen LogP contribution in [0.25, 0.3) is 0 Å². The first-order chi connectivity index (χ1) is 9.26. The molecule has 1 aromatic rings. The van der Waals surface area contributed by atoms with Crippen LogP contribution in [-0.2, 0) is 19.6 Å². The molecule has 0 aliphatic carbocycles. The van der Waals surface area contributed by atoms with Crippen LogP contribution in [0.3, 0.4) is 0 Å². The summed E-state index contributed by atoms with van der Waals surface area (Å²) >= 11 is 0. The van der Waals surface area contributed by atoms with Crippen LogP contribution in [0.2, 0.25) is 0 Å². The number of hydrogen-bond donors (Lipinski definition) is 2. The maximum absolute atomic E-state index is 12.0. The molecule has 1 atom stereocenters. The van der Waals surface area contributed by atoms with Crippen molar-refractivity contribution in [1.29, 1.82) is 0 Å². The lowest BCUT2D eigenvalue weighted by molar-refractivity contribution is -0.140. The first-order valence-electron chi connectivity index (χ1n) is 6.09. The van der Waals surface area contributed by atoms with E-state index < -0.39 is 22.0 Å². The summed E-state index contributed by atoms with van der Waals surface area (Å²) in [5, 5.41) is 8.99. The van der Waals surface area contributed by atoms with Gasteiger partial charge in [0.2, 0.25) is 10.0 Å². The molecule has 20 heavy (non-hydrogen) atoms. The van der Waals surface area contributed by atoms with Crippen molar-refractivity contribution in [1.82, 2.24) is 4.72 Å². The molecule has 0 spiro atoms. The second-order valence-corrected chi connectivity index (χ2v) is 6.14. The van der Waals surface area contributed by atoms with Gasteiger partial charge in [0, 0.05) is 12.8 Å². The van der Waals surface area contributed by atoms with Crippen LogP contribution in [0.1, 0.15) is 25.3 Å². The van der Waals surface area contributed by atoms with Crippen LogP contribution >= 0.6 is 0 Å². The summed E-state index contributed by atoms with van der Waals surface area (Å²) in [5.41, 5.74) is 0.889. The number of nitrogens with one attached hydrogen (secondary N) is 1. The molecule has 0 aliphatic rings. The van der Waals surface area contributed by atoms with Gasteiger partial charge >= 0.3 is 5.97 Å². The van der Waals surface area contributed by atoms with Crippen molar-refractivity contribution in [2.75, 3.05) is 0 Å². The minimum atomic E-state index is -3.96. The molecule has 2 N–H and O–H groups in total. The van der Waals surface area contributed by atoms with Gasteiger partial charge in [-0.25, -0.2) is 8.42 Å². The fourth-order valence-electron chi connectivity index (χ4n) is 1.52. The highest BCUT2D eigenvalue weighted by atomic mass is 32.2. The summed E-state index contributed by atoms with van der Waals surface area (Å²) in [6.45, 7) is 3.40. The molecule has 110 valence electrons. The molecule has 0 aromatic heterocycles. The monoisotopic (exact) mass is 299 g/mol. The van der Waals surface area contributed by atoms with E-state index >= 15 is 0 Å². The van der Waals surface area contributed by atoms with Crippen LogP contribution in [0.4, 0.5) is 0 Å². The molecule has 1 unspecified atom stereocenters. The van der Waals surface area contributed by atoms with Gasteiger partial charge in [0.05, 0.1) is 4.90 Å². The molecule has 0 saturated carbocycles. The van der Waals surface area contributed by atoms with E-state index in [4.69, 9.17) is 5.11 Å². The topological polar surface area (TPSA) is 101 Å². The number of carbonyl (C=O) groups is 2. The van der Waals surface area contributed by atoms with Crippen molar-refractivity contribution in [3.8, 4) is 0 Å². The van der Waals surface area contributed by atoms with Crippen molar-refractivity contribution in [2.45, 2.75) is 37.6 Å². The van der Waals surface area contributed by atoms with Crippen LogP contribution in [-0.4, -0.2) is 31.3 Å². The Morgan fingerprint density at radius 3 is 2.25 bits per heavy atom. The van der Waals surface area contributed by atoms with Crippen LogP contribution in [0.15, 0.2) is 29.2 Å². The largest absolute Gasteiger partial charge is 0.480 e. The number of carboxylic acid groups (broad SMARTS) is 1. The second-order valence-electron chi connectivity index (χ2n) is 4.42. The van der Waals surface area contributed by atoms with Gasteiger partial charge in [0.25, 0.3) is 0 Å². The van der Waals surface area contributed by atoms with Crippen molar-refractivity contribution in [2.24, 2.45) is 0 Å². The highest BCUT2D eigenvalue weighted by molar-refractivity contribution is 7.89. The number of carbonyl (C=O) groups excluding carboxylic acids is 1. The summed E-state index contributed by atoms with van der Waals surface area (Å²) in [6, 6.07) is 4.55. The van der Waals surface area contributed by atoms with Crippen molar-refractivity contribution >= 4 is 21.8 Å². The molecular formula is C13H17NO5S. The molecule has 1 rings (SSSR count). The first kappa shape index (κ1) is 16.3. The second kappa shape index (κ2) is 6.62. The molecule has 1 aromatic carbocycles. The van der Waals surface area contributed by atoms with Gasteiger partial charge in [-0.2, -0.15) is 4.72 Å². The lowest BCUT2D eigenvalue weighted by atomic mass is 10.1. The number of ketones is 1. The highest BCUT2D eigenvalue weighted by Crippen LogP contribution is 2.11. The van der Waals surface area contributed by atoms with E-state index in [-0.39, 0.29) is 23.5 Å². The Hall–Kier alpha value is -1.73. The third-order valence-corrected chi connectivity index (χ3v) is 4.24. The number of Topliss-reactive ketones (excluding diaryl/α,β-unsaturated/α-hetero) is 1. The number of sulfonamides is 1. The van der Waals surface area contributed by atoms with Crippen LogP contribution in [0.5, 0.6) is 0 Å². The third-order valence-electron chi connectivity index (χ3n) is 2.75. The number of aryl methyl sites for hydroxylation is 1. The SMILES string of the molecule is CCC(=O)CC(NS(=O)(=O)c1ccc(C)cc1)C(=O)O. The number of benzene rings is 1. The number of aliphatic carboxylic acids is 1. The molecule has 6 nitrogen and oxygen atoms in total. The molecule has 7 heteroatoms. The fraction of sp³-hybridized carbons (Fsp3) is 0.385. The molecule has 0 heterocycles. The molecule has 0 amide bonds. The normalized spacial score (nSPS) is 12.9. The minimum Gasteiger partial charge on any atom is -0.480 e. The fourth-order valence-corrected chi connectivity index (χ4v) is 2.71. The van der Waals surface area contributed by atoms with E-state index in [1.54, 1.807) is 19.1 Å². The molecule has 0 radical (unpaired) electrons. The van der Waals surface area contributed by atoms with Crippen molar-refractivity contribution < 1.29 is 23.1 Å². The zero-order chi connectivity index (χ0) is 15.3. The van der Waals surface area contributed by atoms with Gasteiger partial charge in [-0.15, -0.1) is 0 Å². The summed E-state index contributed by atoms with van der Waals surface area (Å²) in [4.78, 5) is 22.3. The number of carboxylic acids is 1. The summed E-state index contributed by atoms with van der Waals surface area (Å²) in [5.74, 6) is -1.69. The van der Waals surface area contributed by atoms with Crippen molar-refractivity contribution in [3.05, 3.63) is 29.8 Å². The van der Waals surface area contributed by atoms with E-state index in [0.29, 0.717) is 0 Å². The maximum atomic E-state index is 12.0. The standard InChI is InChI=1S/C13H17NO5S/c1-3-10(15)8-12(13(16)17)14-20(18,19)11-6-4-9(2)5-7-11/h4-7,12,14H,3,8H2,1-2H3,(H,16,17). The highest BCUT2D eigenvalue weighted by Gasteiger charge is 2.26. The predicted octanol–water partition coefficient (Wildman–Crippen LogP) is 1.10. The van der Waals surface area contributed by atoms with Crippen LogP contribution in [0, 0.1) is 6.92 Å². The van der Waals surface area contributed by atoms with E-state index in [0.717, 1.165) is 5.56 Å². The lowest BCUT2D eigenvalue weighted by Gasteiger charge is -2.14. The molecular weight excluding hydrogens is 282 g/mol. The maximum Gasteiger partial charge on any atom is 0.322 e.